The van der Waals surface area contributed by atoms with Crippen LogP contribution in [0.25, 0.3) is 0 Å². The molecule has 0 heterocycles. The lowest BCUT2D eigenvalue weighted by atomic mass is 9.85. The molecular formula is C51H95O12P. The van der Waals surface area contributed by atoms with E-state index in [1.165, 1.54) is 128 Å². The van der Waals surface area contributed by atoms with Crippen LogP contribution in [-0.2, 0) is 27.9 Å². The number of unbranched alkanes of at least 4 members (excludes halogenated alkanes) is 26. The summed E-state index contributed by atoms with van der Waals surface area (Å²) in [6.07, 6.45) is 37.7. The quantitative estimate of drug-likeness (QED) is 0.0147. The predicted octanol–water partition coefficient (Wildman–Crippen LogP) is 11.4. The van der Waals surface area contributed by atoms with Gasteiger partial charge in [0.15, 0.2) is 0 Å². The molecule has 0 spiro atoms. The van der Waals surface area contributed by atoms with Crippen LogP contribution in [0.2, 0.25) is 0 Å². The zero-order valence-electron chi connectivity index (χ0n) is 40.3. The maximum atomic E-state index is 12.8. The fraction of sp³-hybridized carbons (Fsp3) is 0.863. The number of esters is 1. The fourth-order valence-electron chi connectivity index (χ4n) is 7.89. The molecule has 1 aliphatic rings. The predicted molar refractivity (Wildman–Crippen MR) is 258 cm³/mol. The van der Waals surface area contributed by atoms with Crippen molar-refractivity contribution in [3.05, 3.63) is 36.5 Å². The second-order valence-corrected chi connectivity index (χ2v) is 19.4. The number of allylic oxidation sites excluding steroid dienone is 6. The Labute approximate surface area is 389 Å². The third kappa shape index (κ3) is 33.1. The average Bonchev–Trinajstić information content (AvgIpc) is 3.28. The topological polar surface area (TPSA) is 192 Å². The first kappa shape index (κ1) is 60.6. The van der Waals surface area contributed by atoms with E-state index >= 15 is 0 Å². The van der Waals surface area contributed by atoms with Crippen LogP contribution >= 0.6 is 7.82 Å². The van der Waals surface area contributed by atoms with Gasteiger partial charge in [-0.05, 0) is 51.4 Å². The molecule has 0 aromatic heterocycles. The number of aliphatic hydroxyl groups is 5. The molecule has 0 saturated heterocycles. The first-order valence-corrected chi connectivity index (χ1v) is 27.3. The Morgan fingerprint density at radius 2 is 0.875 bits per heavy atom. The average molecular weight is 931 g/mol. The highest BCUT2D eigenvalue weighted by atomic mass is 31.2. The van der Waals surface area contributed by atoms with Crippen molar-refractivity contribution >= 4 is 13.8 Å². The van der Waals surface area contributed by atoms with Crippen LogP contribution in [-0.4, -0.2) is 98.9 Å². The second kappa shape index (κ2) is 41.7. The summed E-state index contributed by atoms with van der Waals surface area (Å²) in [5.41, 5.74) is 0. The van der Waals surface area contributed by atoms with E-state index in [9.17, 15) is 39.8 Å². The van der Waals surface area contributed by atoms with Crippen LogP contribution in [0.3, 0.4) is 0 Å². The van der Waals surface area contributed by atoms with Crippen molar-refractivity contribution in [2.75, 3.05) is 19.8 Å². The molecule has 0 aliphatic heterocycles. The highest BCUT2D eigenvalue weighted by molar-refractivity contribution is 7.47. The van der Waals surface area contributed by atoms with Gasteiger partial charge in [0, 0.05) is 13.0 Å². The molecule has 1 fully saturated rings. The van der Waals surface area contributed by atoms with E-state index < -0.39 is 63.1 Å². The van der Waals surface area contributed by atoms with Gasteiger partial charge in [-0.3, -0.25) is 13.8 Å². The highest BCUT2D eigenvalue weighted by Crippen LogP contribution is 2.47. The lowest BCUT2D eigenvalue weighted by Crippen LogP contribution is -2.64. The van der Waals surface area contributed by atoms with Crippen LogP contribution < -0.4 is 0 Å². The Kier molecular flexibility index (Phi) is 39.5. The summed E-state index contributed by atoms with van der Waals surface area (Å²) in [7, 11) is -5.02. The third-order valence-corrected chi connectivity index (χ3v) is 13.0. The summed E-state index contributed by atoms with van der Waals surface area (Å²) in [6.45, 7) is 4.24. The Morgan fingerprint density at radius 1 is 0.500 bits per heavy atom. The van der Waals surface area contributed by atoms with Gasteiger partial charge in [-0.1, -0.05) is 198 Å². The van der Waals surface area contributed by atoms with E-state index in [-0.39, 0.29) is 13.0 Å². The molecule has 1 aliphatic carbocycles. The van der Waals surface area contributed by atoms with E-state index in [4.69, 9.17) is 18.5 Å². The van der Waals surface area contributed by atoms with Crippen molar-refractivity contribution in [2.24, 2.45) is 0 Å². The van der Waals surface area contributed by atoms with Gasteiger partial charge in [0.25, 0.3) is 0 Å². The van der Waals surface area contributed by atoms with Crippen LogP contribution in [0, 0.1) is 0 Å². The molecule has 64 heavy (non-hydrogen) atoms. The maximum absolute atomic E-state index is 12.8. The van der Waals surface area contributed by atoms with Gasteiger partial charge in [0.2, 0.25) is 0 Å². The van der Waals surface area contributed by atoms with Gasteiger partial charge >= 0.3 is 13.8 Å². The molecule has 6 unspecified atom stereocenters. The largest absolute Gasteiger partial charge is 0.472 e. The van der Waals surface area contributed by atoms with Crippen molar-refractivity contribution in [3.63, 3.8) is 0 Å². The number of aliphatic hydroxyl groups excluding tert-OH is 5. The van der Waals surface area contributed by atoms with E-state index in [0.717, 1.165) is 64.2 Å². The van der Waals surface area contributed by atoms with Gasteiger partial charge in [-0.15, -0.1) is 0 Å². The van der Waals surface area contributed by atoms with Crippen LogP contribution in [0.4, 0.5) is 0 Å². The molecule has 0 amide bonds. The molecule has 1 saturated carbocycles. The number of phosphoric ester groups is 1. The number of hydrogen-bond acceptors (Lipinski definition) is 11. The van der Waals surface area contributed by atoms with Gasteiger partial charge in [-0.2, -0.15) is 0 Å². The smallest absolute Gasteiger partial charge is 0.457 e. The molecule has 12 nitrogen and oxygen atoms in total. The molecule has 13 heteroatoms. The standard InChI is InChI=1S/C51H95O12P/c1-3-5-7-9-11-13-15-17-19-21-22-23-25-27-29-31-33-35-37-39-41-60-42-44(43-61-64(58,59)63-51-49(56)47(54)46(53)48(55)50(51)57)62-45(52)40-38-36-34-32-30-28-26-24-20-18-16-14-12-10-8-6-4-2/h11,13,17,19,22-23,44,46-51,53-57H,3-10,12,14-16,18,20-21,24-43H2,1-2H3,(H,58,59)/b13-11-,19-17-,23-22-. The third-order valence-electron chi connectivity index (χ3n) is 12.0. The van der Waals surface area contributed by atoms with Crippen molar-refractivity contribution in [1.82, 2.24) is 0 Å². The summed E-state index contributed by atoms with van der Waals surface area (Å²) < 4.78 is 34.3. The van der Waals surface area contributed by atoms with Crippen LogP contribution in [0.1, 0.15) is 219 Å². The maximum Gasteiger partial charge on any atom is 0.472 e. The zero-order chi connectivity index (χ0) is 46.9. The molecule has 6 N–H and O–H groups in total. The monoisotopic (exact) mass is 931 g/mol. The number of rotatable bonds is 44. The van der Waals surface area contributed by atoms with E-state index in [1.807, 2.05) is 0 Å². The van der Waals surface area contributed by atoms with Crippen molar-refractivity contribution < 1.29 is 58.3 Å². The van der Waals surface area contributed by atoms with Crippen molar-refractivity contribution in [1.29, 1.82) is 0 Å². The lowest BCUT2D eigenvalue weighted by Gasteiger charge is -2.41. The van der Waals surface area contributed by atoms with E-state index in [1.54, 1.807) is 0 Å². The Hall–Kier alpha value is -1.44. The minimum atomic E-state index is -5.02. The number of hydrogen-bond donors (Lipinski definition) is 6. The Balaban J connectivity index is 2.35. The number of carbonyl (C=O) groups excluding carboxylic acids is 1. The summed E-state index contributed by atoms with van der Waals surface area (Å²) in [5, 5.41) is 50.3. The van der Waals surface area contributed by atoms with E-state index in [2.05, 4.69) is 50.3 Å². The second-order valence-electron chi connectivity index (χ2n) is 18.0. The highest BCUT2D eigenvalue weighted by Gasteiger charge is 2.51. The number of carbonyl (C=O) groups is 1. The molecular weight excluding hydrogens is 836 g/mol. The first-order chi connectivity index (χ1) is 31.0. The van der Waals surface area contributed by atoms with Gasteiger partial charge in [-0.25, -0.2) is 4.57 Å². The summed E-state index contributed by atoms with van der Waals surface area (Å²) in [6, 6.07) is 0. The zero-order valence-corrected chi connectivity index (χ0v) is 41.2. The Morgan fingerprint density at radius 3 is 1.36 bits per heavy atom. The van der Waals surface area contributed by atoms with Crippen LogP contribution in [0.5, 0.6) is 0 Å². The fourth-order valence-corrected chi connectivity index (χ4v) is 8.87. The molecule has 376 valence electrons. The van der Waals surface area contributed by atoms with Gasteiger partial charge in [0.05, 0.1) is 13.2 Å². The minimum Gasteiger partial charge on any atom is -0.457 e. The summed E-state index contributed by atoms with van der Waals surface area (Å²) in [5.74, 6) is -0.478. The van der Waals surface area contributed by atoms with Gasteiger partial charge in [0.1, 0.15) is 42.7 Å². The SMILES string of the molecule is CCCCC/C=C\C/C=C\C/C=C\CCCCCCCCCOCC(COP(=O)(O)OC1C(O)C(O)C(O)C(O)C1O)OC(=O)CCCCCCCCCCCCCCCCCCC. The molecule has 6 atom stereocenters. The van der Waals surface area contributed by atoms with Crippen molar-refractivity contribution in [3.8, 4) is 0 Å². The first-order valence-electron chi connectivity index (χ1n) is 25.8. The Bertz CT molecular complexity index is 1200. The number of ether oxygens (including phenoxy) is 2. The molecule has 0 aromatic rings. The van der Waals surface area contributed by atoms with Crippen LogP contribution in [0.15, 0.2) is 36.5 Å². The molecule has 0 radical (unpaired) electrons. The molecule has 0 aromatic carbocycles. The molecule has 1 rings (SSSR count). The van der Waals surface area contributed by atoms with Gasteiger partial charge < -0.3 is 39.9 Å². The summed E-state index contributed by atoms with van der Waals surface area (Å²) in [4.78, 5) is 23.2. The normalized spacial score (nSPS) is 21.9. The summed E-state index contributed by atoms with van der Waals surface area (Å²) >= 11 is 0. The minimum absolute atomic E-state index is 0.0808. The number of phosphoric acid groups is 1. The molecule has 0 bridgehead atoms. The van der Waals surface area contributed by atoms with Crippen molar-refractivity contribution in [2.45, 2.75) is 262 Å². The van der Waals surface area contributed by atoms with E-state index in [0.29, 0.717) is 13.0 Å². The lowest BCUT2D eigenvalue weighted by molar-refractivity contribution is -0.220.